The lowest BCUT2D eigenvalue weighted by Crippen LogP contribution is -2.37. The fourth-order valence-corrected chi connectivity index (χ4v) is 2.94. The summed E-state index contributed by atoms with van der Waals surface area (Å²) in [6.07, 6.45) is 0. The average Bonchev–Trinajstić information content (AvgIpc) is 2.70. The second-order valence-corrected chi connectivity index (χ2v) is 7.36. The topological polar surface area (TPSA) is 51.2 Å². The molecule has 0 aliphatic rings. The van der Waals surface area contributed by atoms with Gasteiger partial charge >= 0.3 is 0 Å². The number of carbonyl (C=O) groups excluding carboxylic acids is 1. The van der Waals surface area contributed by atoms with E-state index in [1.54, 1.807) is 38.3 Å². The first-order valence-electron chi connectivity index (χ1n) is 9.36. The number of hydrogen-bond donors (Lipinski definition) is 0. The van der Waals surface area contributed by atoms with E-state index in [-0.39, 0.29) is 5.91 Å². The summed E-state index contributed by atoms with van der Waals surface area (Å²) in [4.78, 5) is 16.2. The molecule has 29 heavy (non-hydrogen) atoms. The third-order valence-electron chi connectivity index (χ3n) is 4.64. The van der Waals surface area contributed by atoms with Gasteiger partial charge in [0.05, 0.1) is 20.8 Å². The minimum atomic E-state index is 0.0353. The van der Waals surface area contributed by atoms with Crippen molar-refractivity contribution in [3.8, 4) is 17.2 Å². The molecule has 0 N–H and O–H groups in total. The molecule has 0 saturated heterocycles. The van der Waals surface area contributed by atoms with Crippen LogP contribution in [0.15, 0.2) is 36.4 Å². The Hall–Kier alpha value is -2.44. The Morgan fingerprint density at radius 1 is 1.03 bits per heavy atom. The van der Waals surface area contributed by atoms with Crippen LogP contribution >= 0.6 is 11.6 Å². The first-order valence-corrected chi connectivity index (χ1v) is 9.74. The first kappa shape index (κ1) is 22.8. The van der Waals surface area contributed by atoms with E-state index in [0.717, 1.165) is 16.9 Å². The van der Waals surface area contributed by atoms with Crippen molar-refractivity contribution in [1.82, 2.24) is 9.80 Å². The fourth-order valence-electron chi connectivity index (χ4n) is 2.82. The van der Waals surface area contributed by atoms with Gasteiger partial charge in [0.1, 0.15) is 12.4 Å². The zero-order valence-corrected chi connectivity index (χ0v) is 18.5. The van der Waals surface area contributed by atoms with Crippen LogP contribution in [0.2, 0.25) is 5.02 Å². The Morgan fingerprint density at radius 3 is 2.28 bits per heavy atom. The van der Waals surface area contributed by atoms with Gasteiger partial charge in [0.25, 0.3) is 0 Å². The van der Waals surface area contributed by atoms with Gasteiger partial charge in [-0.3, -0.25) is 9.69 Å². The lowest BCUT2D eigenvalue weighted by Gasteiger charge is -2.23. The molecule has 0 bridgehead atoms. The molecule has 0 atom stereocenters. The van der Waals surface area contributed by atoms with Crippen LogP contribution in [0.3, 0.4) is 0 Å². The molecule has 0 unspecified atom stereocenters. The molecule has 158 valence electrons. The monoisotopic (exact) mass is 420 g/mol. The quantitative estimate of drug-likeness (QED) is 0.587. The molecule has 0 aliphatic carbocycles. The molecule has 2 rings (SSSR count). The van der Waals surface area contributed by atoms with Gasteiger partial charge in [0.15, 0.2) is 11.5 Å². The van der Waals surface area contributed by atoms with Crippen LogP contribution in [0.25, 0.3) is 0 Å². The van der Waals surface area contributed by atoms with Crippen molar-refractivity contribution in [2.75, 3.05) is 48.0 Å². The van der Waals surface area contributed by atoms with E-state index in [1.807, 2.05) is 43.1 Å². The maximum Gasteiger partial charge on any atom is 0.236 e. The van der Waals surface area contributed by atoms with Gasteiger partial charge in [-0.1, -0.05) is 11.6 Å². The van der Waals surface area contributed by atoms with Gasteiger partial charge < -0.3 is 19.1 Å². The summed E-state index contributed by atoms with van der Waals surface area (Å²) in [5.74, 6) is 2.14. The molecule has 0 fully saturated rings. The van der Waals surface area contributed by atoms with E-state index in [9.17, 15) is 4.79 Å². The molecule has 1 amide bonds. The van der Waals surface area contributed by atoms with Crippen molar-refractivity contribution in [1.29, 1.82) is 0 Å². The van der Waals surface area contributed by atoms with Crippen LogP contribution in [0.4, 0.5) is 0 Å². The highest BCUT2D eigenvalue weighted by Crippen LogP contribution is 2.30. The summed E-state index contributed by atoms with van der Waals surface area (Å²) in [6, 6.07) is 11.1. The van der Waals surface area contributed by atoms with E-state index < -0.39 is 0 Å². The Kier molecular flexibility index (Phi) is 8.61. The van der Waals surface area contributed by atoms with Gasteiger partial charge in [-0.05, 0) is 61.5 Å². The number of likely N-dealkylation sites (N-methyl/N-ethyl adjacent to an activating group) is 2. The Balaban J connectivity index is 1.84. The van der Waals surface area contributed by atoms with Crippen molar-refractivity contribution in [3.05, 3.63) is 52.5 Å². The zero-order chi connectivity index (χ0) is 21.4. The normalized spacial score (nSPS) is 10.7. The minimum absolute atomic E-state index is 0.0353. The summed E-state index contributed by atoms with van der Waals surface area (Å²) >= 11 is 5.86. The first-order chi connectivity index (χ1) is 13.8. The summed E-state index contributed by atoms with van der Waals surface area (Å²) in [5, 5.41) is 0.674. The van der Waals surface area contributed by atoms with Crippen LogP contribution in [-0.2, 0) is 11.3 Å². The Morgan fingerprint density at radius 2 is 1.66 bits per heavy atom. The van der Waals surface area contributed by atoms with Crippen molar-refractivity contribution in [3.63, 3.8) is 0 Å². The maximum absolute atomic E-state index is 12.6. The lowest BCUT2D eigenvalue weighted by atomic mass is 10.1. The molecule has 2 aromatic rings. The highest BCUT2D eigenvalue weighted by atomic mass is 35.5. The number of ether oxygens (including phenoxy) is 3. The van der Waals surface area contributed by atoms with E-state index in [4.69, 9.17) is 25.8 Å². The number of amides is 1. The van der Waals surface area contributed by atoms with Crippen molar-refractivity contribution >= 4 is 17.5 Å². The standard InChI is InChI=1S/C22H29ClN2O4/c1-16-12-20(27-4)21(28-5)13-17(16)14-25(3)22(26)15-24(2)10-11-29-19-8-6-18(23)7-9-19/h6-9,12-13H,10-11,14-15H2,1-5H3. The van der Waals surface area contributed by atoms with E-state index in [1.165, 1.54) is 0 Å². The number of benzene rings is 2. The number of hydrogen-bond acceptors (Lipinski definition) is 5. The molecule has 0 aliphatic heterocycles. The highest BCUT2D eigenvalue weighted by molar-refractivity contribution is 6.30. The highest BCUT2D eigenvalue weighted by Gasteiger charge is 2.15. The fraction of sp³-hybridized carbons (Fsp3) is 0.409. The summed E-state index contributed by atoms with van der Waals surface area (Å²) in [5.41, 5.74) is 2.07. The number of aryl methyl sites for hydroxylation is 1. The minimum Gasteiger partial charge on any atom is -0.493 e. The average molecular weight is 421 g/mol. The second-order valence-electron chi connectivity index (χ2n) is 6.92. The molecule has 2 aromatic carbocycles. The molecule has 0 radical (unpaired) electrons. The van der Waals surface area contributed by atoms with Crippen molar-refractivity contribution in [2.24, 2.45) is 0 Å². The van der Waals surface area contributed by atoms with Gasteiger partial charge in [-0.2, -0.15) is 0 Å². The third-order valence-corrected chi connectivity index (χ3v) is 4.89. The van der Waals surface area contributed by atoms with Crippen LogP contribution in [-0.4, -0.2) is 63.7 Å². The zero-order valence-electron chi connectivity index (χ0n) is 17.7. The molecule has 0 heterocycles. The molecule has 0 aromatic heterocycles. The molecular formula is C22H29ClN2O4. The SMILES string of the molecule is COc1cc(C)c(CN(C)C(=O)CN(C)CCOc2ccc(Cl)cc2)cc1OC. The van der Waals surface area contributed by atoms with E-state index in [0.29, 0.717) is 42.8 Å². The van der Waals surface area contributed by atoms with E-state index in [2.05, 4.69) is 0 Å². The van der Waals surface area contributed by atoms with E-state index >= 15 is 0 Å². The number of methoxy groups -OCH3 is 2. The molecule has 0 saturated carbocycles. The number of nitrogens with zero attached hydrogens (tertiary/aromatic N) is 2. The van der Waals surface area contributed by atoms with Gasteiger partial charge in [-0.15, -0.1) is 0 Å². The van der Waals surface area contributed by atoms with Crippen molar-refractivity contribution < 1.29 is 19.0 Å². The lowest BCUT2D eigenvalue weighted by molar-refractivity contribution is -0.131. The second kappa shape index (κ2) is 10.9. The molecule has 7 heteroatoms. The molecule has 0 spiro atoms. The predicted molar refractivity (Wildman–Crippen MR) is 115 cm³/mol. The number of carbonyl (C=O) groups is 1. The number of rotatable bonds is 10. The maximum atomic E-state index is 12.6. The largest absolute Gasteiger partial charge is 0.493 e. The summed E-state index contributed by atoms with van der Waals surface area (Å²) in [6.45, 7) is 3.93. The summed E-state index contributed by atoms with van der Waals surface area (Å²) < 4.78 is 16.4. The van der Waals surface area contributed by atoms with Gasteiger partial charge in [0.2, 0.25) is 5.91 Å². The summed E-state index contributed by atoms with van der Waals surface area (Å²) in [7, 11) is 6.92. The van der Waals surface area contributed by atoms with Gasteiger partial charge in [0, 0.05) is 25.2 Å². The Bertz CT molecular complexity index is 811. The number of halogens is 1. The smallest absolute Gasteiger partial charge is 0.236 e. The predicted octanol–water partition coefficient (Wildman–Crippen LogP) is 3.63. The van der Waals surface area contributed by atoms with Crippen LogP contribution < -0.4 is 14.2 Å². The molecule has 6 nitrogen and oxygen atoms in total. The van der Waals surface area contributed by atoms with Crippen molar-refractivity contribution in [2.45, 2.75) is 13.5 Å². The van der Waals surface area contributed by atoms with Crippen LogP contribution in [0, 0.1) is 6.92 Å². The Labute approximate surface area is 177 Å². The third kappa shape index (κ3) is 6.84. The molecular weight excluding hydrogens is 392 g/mol. The van der Waals surface area contributed by atoms with Gasteiger partial charge in [-0.25, -0.2) is 0 Å². The van der Waals surface area contributed by atoms with Crippen LogP contribution in [0.5, 0.6) is 17.2 Å². The van der Waals surface area contributed by atoms with Crippen LogP contribution in [0.1, 0.15) is 11.1 Å².